The zero-order valence-corrected chi connectivity index (χ0v) is 18.1. The van der Waals surface area contributed by atoms with Gasteiger partial charge in [0.05, 0.1) is 19.7 Å². The van der Waals surface area contributed by atoms with E-state index in [9.17, 15) is 14.4 Å². The minimum atomic E-state index is -0.809. The molecule has 0 spiro atoms. The Kier molecular flexibility index (Phi) is 6.36. The van der Waals surface area contributed by atoms with E-state index in [2.05, 4.69) is 6.07 Å². The Morgan fingerprint density at radius 1 is 1.17 bits per heavy atom. The number of nitrogens with two attached hydrogens (primary N) is 1. The van der Waals surface area contributed by atoms with Crippen LogP contribution in [-0.4, -0.2) is 66.2 Å². The van der Waals surface area contributed by atoms with E-state index in [1.165, 1.54) is 17.6 Å². The zero-order valence-electron chi connectivity index (χ0n) is 18.1. The molecule has 2 N–H and O–H groups in total. The van der Waals surface area contributed by atoms with Crippen molar-refractivity contribution in [3.63, 3.8) is 0 Å². The van der Waals surface area contributed by atoms with E-state index in [-0.39, 0.29) is 18.9 Å². The highest BCUT2D eigenvalue weighted by Crippen LogP contribution is 2.27. The maximum Gasteiger partial charge on any atom is 0.410 e. The lowest BCUT2D eigenvalue weighted by Gasteiger charge is -2.32. The molecule has 164 valence electrons. The third-order valence-corrected chi connectivity index (χ3v) is 5.87. The molecule has 1 aromatic carbocycles. The molecule has 0 bridgehead atoms. The molecular formula is C22H31N3O5. The van der Waals surface area contributed by atoms with Crippen LogP contribution in [0.2, 0.25) is 0 Å². The second-order valence-electron chi connectivity index (χ2n) is 9.05. The smallest absolute Gasteiger partial charge is 0.410 e. The molecule has 0 unspecified atom stereocenters. The Hall–Kier alpha value is -2.61. The molecule has 2 aliphatic rings. The van der Waals surface area contributed by atoms with Crippen LogP contribution in [0.25, 0.3) is 0 Å². The fourth-order valence-corrected chi connectivity index (χ4v) is 3.90. The standard InChI is InChI=1S/C22H31N3O5/c1-22(2,3)18(23)19(26)25-13-16(11-17(25)20(27)29-4)30-21(28)24-10-9-14-7-5-6-8-15(14)12-24/h5-8,16-18H,9-13,23H2,1-4H3/t16-,17+,18-/m1/s1. The number of hydrogen-bond donors (Lipinski definition) is 1. The van der Waals surface area contributed by atoms with Gasteiger partial charge in [-0.05, 0) is 23.0 Å². The number of fused-ring (bicyclic) bond motifs is 1. The highest BCUT2D eigenvalue weighted by molar-refractivity contribution is 5.88. The van der Waals surface area contributed by atoms with Crippen LogP contribution in [0.5, 0.6) is 0 Å². The van der Waals surface area contributed by atoms with Crippen molar-refractivity contribution in [1.29, 1.82) is 0 Å². The van der Waals surface area contributed by atoms with Crippen LogP contribution in [0, 0.1) is 5.41 Å². The third-order valence-electron chi connectivity index (χ3n) is 5.87. The van der Waals surface area contributed by atoms with Gasteiger partial charge in [-0.1, -0.05) is 45.0 Å². The number of esters is 1. The average molecular weight is 418 g/mol. The predicted octanol–water partition coefficient (Wildman–Crippen LogP) is 1.70. The topological polar surface area (TPSA) is 102 Å². The normalized spacial score (nSPS) is 22.3. The van der Waals surface area contributed by atoms with Gasteiger partial charge in [-0.25, -0.2) is 9.59 Å². The highest BCUT2D eigenvalue weighted by atomic mass is 16.6. The van der Waals surface area contributed by atoms with Crippen LogP contribution in [0.3, 0.4) is 0 Å². The molecule has 0 aliphatic carbocycles. The summed E-state index contributed by atoms with van der Waals surface area (Å²) in [4.78, 5) is 41.0. The maximum absolute atomic E-state index is 12.9. The third kappa shape index (κ3) is 4.59. The van der Waals surface area contributed by atoms with Crippen LogP contribution < -0.4 is 5.73 Å². The number of ether oxygens (including phenoxy) is 2. The molecule has 0 saturated carbocycles. The molecule has 1 fully saturated rings. The summed E-state index contributed by atoms with van der Waals surface area (Å²) in [5, 5.41) is 0. The molecule has 3 atom stereocenters. The van der Waals surface area contributed by atoms with Gasteiger partial charge in [0, 0.05) is 19.5 Å². The minimum absolute atomic E-state index is 0.124. The number of rotatable bonds is 3. The first-order valence-electron chi connectivity index (χ1n) is 10.3. The number of benzene rings is 1. The van der Waals surface area contributed by atoms with Gasteiger partial charge in [-0.3, -0.25) is 4.79 Å². The van der Waals surface area contributed by atoms with Gasteiger partial charge >= 0.3 is 12.1 Å². The summed E-state index contributed by atoms with van der Waals surface area (Å²) in [6.07, 6.45) is -0.0561. The zero-order chi connectivity index (χ0) is 22.1. The van der Waals surface area contributed by atoms with Gasteiger partial charge in [-0.15, -0.1) is 0 Å². The van der Waals surface area contributed by atoms with Gasteiger partial charge in [0.15, 0.2) is 0 Å². The van der Waals surface area contributed by atoms with E-state index in [0.717, 1.165) is 12.0 Å². The molecule has 30 heavy (non-hydrogen) atoms. The lowest BCUT2D eigenvalue weighted by atomic mass is 9.86. The van der Waals surface area contributed by atoms with Crippen molar-refractivity contribution >= 4 is 18.0 Å². The number of carbonyl (C=O) groups is 3. The first kappa shape index (κ1) is 22.1. The van der Waals surface area contributed by atoms with Crippen LogP contribution in [0.4, 0.5) is 4.79 Å². The molecule has 1 aromatic rings. The van der Waals surface area contributed by atoms with Gasteiger partial charge in [-0.2, -0.15) is 0 Å². The van der Waals surface area contributed by atoms with E-state index in [0.29, 0.717) is 13.1 Å². The summed E-state index contributed by atoms with van der Waals surface area (Å²) in [7, 11) is 1.28. The predicted molar refractivity (Wildman–Crippen MR) is 110 cm³/mol. The summed E-state index contributed by atoms with van der Waals surface area (Å²) in [6, 6.07) is 6.43. The largest absolute Gasteiger partial charge is 0.467 e. The first-order chi connectivity index (χ1) is 14.1. The van der Waals surface area contributed by atoms with Crippen molar-refractivity contribution in [2.45, 2.75) is 58.3 Å². The van der Waals surface area contributed by atoms with E-state index in [4.69, 9.17) is 15.2 Å². The Bertz CT molecular complexity index is 819. The molecule has 2 aliphatic heterocycles. The number of amides is 2. The number of nitrogens with zero attached hydrogens (tertiary/aromatic N) is 2. The molecule has 8 heteroatoms. The summed E-state index contributed by atoms with van der Waals surface area (Å²) < 4.78 is 10.5. The number of likely N-dealkylation sites (tertiary alicyclic amines) is 1. The Morgan fingerprint density at radius 2 is 1.83 bits per heavy atom. The highest BCUT2D eigenvalue weighted by Gasteiger charge is 2.45. The van der Waals surface area contributed by atoms with Crippen molar-refractivity contribution in [2.24, 2.45) is 11.1 Å². The molecule has 3 rings (SSSR count). The molecule has 2 heterocycles. The van der Waals surface area contributed by atoms with Crippen molar-refractivity contribution in [3.8, 4) is 0 Å². The first-order valence-corrected chi connectivity index (χ1v) is 10.3. The Labute approximate surface area is 177 Å². The van der Waals surface area contributed by atoms with Gasteiger partial charge < -0.3 is 25.0 Å². The lowest BCUT2D eigenvalue weighted by Crippen LogP contribution is -2.53. The monoisotopic (exact) mass is 417 g/mol. The molecule has 0 radical (unpaired) electrons. The van der Waals surface area contributed by atoms with Crippen LogP contribution >= 0.6 is 0 Å². The number of carbonyl (C=O) groups excluding carboxylic acids is 3. The lowest BCUT2D eigenvalue weighted by molar-refractivity contribution is -0.152. The second kappa shape index (κ2) is 8.63. The van der Waals surface area contributed by atoms with Crippen molar-refractivity contribution in [1.82, 2.24) is 9.80 Å². The van der Waals surface area contributed by atoms with Gasteiger partial charge in [0.1, 0.15) is 12.1 Å². The fraction of sp³-hybridized carbons (Fsp3) is 0.591. The molecule has 1 saturated heterocycles. The number of methoxy groups -OCH3 is 1. The SMILES string of the molecule is COC(=O)[C@@H]1C[C@@H](OC(=O)N2CCc3ccccc3C2)CN1C(=O)[C@@H](N)C(C)(C)C. The quantitative estimate of drug-likeness (QED) is 0.751. The Balaban J connectivity index is 1.67. The van der Waals surface area contributed by atoms with Crippen molar-refractivity contribution < 1.29 is 23.9 Å². The summed E-state index contributed by atoms with van der Waals surface area (Å²) in [5.41, 5.74) is 8.00. The second-order valence-corrected chi connectivity index (χ2v) is 9.05. The molecule has 8 nitrogen and oxygen atoms in total. The van der Waals surface area contributed by atoms with E-state index >= 15 is 0 Å². The van der Waals surface area contributed by atoms with E-state index in [1.54, 1.807) is 4.90 Å². The van der Waals surface area contributed by atoms with Crippen molar-refractivity contribution in [3.05, 3.63) is 35.4 Å². The summed E-state index contributed by atoms with van der Waals surface area (Å²) in [6.45, 7) is 6.78. The molecule has 2 amide bonds. The molecule has 0 aromatic heterocycles. The maximum atomic E-state index is 12.9. The summed E-state index contributed by atoms with van der Waals surface area (Å²) in [5.74, 6) is -0.877. The average Bonchev–Trinajstić information content (AvgIpc) is 3.14. The van der Waals surface area contributed by atoms with Crippen molar-refractivity contribution in [2.75, 3.05) is 20.2 Å². The van der Waals surface area contributed by atoms with E-state index < -0.39 is 35.7 Å². The van der Waals surface area contributed by atoms with Gasteiger partial charge in [0.2, 0.25) is 5.91 Å². The van der Waals surface area contributed by atoms with Crippen LogP contribution in [0.15, 0.2) is 24.3 Å². The fourth-order valence-electron chi connectivity index (χ4n) is 3.90. The van der Waals surface area contributed by atoms with Gasteiger partial charge in [0.25, 0.3) is 0 Å². The van der Waals surface area contributed by atoms with Crippen LogP contribution in [0.1, 0.15) is 38.3 Å². The number of hydrogen-bond acceptors (Lipinski definition) is 6. The Morgan fingerprint density at radius 3 is 2.47 bits per heavy atom. The van der Waals surface area contributed by atoms with Crippen LogP contribution in [-0.2, 0) is 32.0 Å². The summed E-state index contributed by atoms with van der Waals surface area (Å²) >= 11 is 0. The molecular weight excluding hydrogens is 386 g/mol. The van der Waals surface area contributed by atoms with E-state index in [1.807, 2.05) is 39.0 Å². The minimum Gasteiger partial charge on any atom is -0.467 e.